The molecule has 0 unspecified atom stereocenters. The van der Waals surface area contributed by atoms with Crippen molar-refractivity contribution in [2.75, 3.05) is 46.9 Å². The van der Waals surface area contributed by atoms with Gasteiger partial charge < -0.3 is 14.7 Å². The Hall–Kier alpha value is -0.700. The third-order valence-corrected chi connectivity index (χ3v) is 5.40. The molecule has 0 aromatic heterocycles. The van der Waals surface area contributed by atoms with Gasteiger partial charge in [-0.2, -0.15) is 4.31 Å². The molecule has 1 aliphatic heterocycles. The fourth-order valence-electron chi connectivity index (χ4n) is 1.94. The van der Waals surface area contributed by atoms with Gasteiger partial charge in [-0.15, -0.1) is 0 Å². The van der Waals surface area contributed by atoms with Crippen LogP contribution in [0, 0.1) is 0 Å². The average molecular weight is 294 g/mol. The topological polar surface area (TPSA) is 87.2 Å². The normalized spacial score (nSPS) is 18.1. The summed E-state index contributed by atoms with van der Waals surface area (Å²) < 4.78 is 31.1. The molecular weight excluding hydrogens is 272 g/mol. The van der Waals surface area contributed by atoms with Gasteiger partial charge in [0.1, 0.15) is 6.54 Å². The van der Waals surface area contributed by atoms with Crippen molar-refractivity contribution in [1.82, 2.24) is 9.21 Å². The van der Waals surface area contributed by atoms with Crippen LogP contribution in [0.5, 0.6) is 0 Å². The molecule has 0 aliphatic carbocycles. The molecule has 0 radical (unpaired) electrons. The quantitative estimate of drug-likeness (QED) is 0.677. The smallest absolute Gasteiger partial charge is 0.318 e. The lowest BCUT2D eigenvalue weighted by atomic mass is 10.2. The Bertz CT molecular complexity index is 390. The first-order valence-corrected chi connectivity index (χ1v) is 7.77. The Morgan fingerprint density at radius 3 is 2.32 bits per heavy atom. The number of hydrogen-bond donors (Lipinski definition) is 1. The first-order valence-electron chi connectivity index (χ1n) is 6.27. The molecule has 1 rings (SSSR count). The first kappa shape index (κ1) is 16.4. The first-order chi connectivity index (χ1) is 8.84. The molecule has 1 fully saturated rings. The largest absolute Gasteiger partial charge is 0.480 e. The van der Waals surface area contributed by atoms with Crippen molar-refractivity contribution in [1.29, 1.82) is 0 Å². The molecule has 0 aromatic carbocycles. The Kier molecular flexibility index (Phi) is 6.18. The van der Waals surface area contributed by atoms with Crippen LogP contribution in [0.15, 0.2) is 0 Å². The highest BCUT2D eigenvalue weighted by atomic mass is 32.2. The number of likely N-dealkylation sites (N-methyl/N-ethyl adjacent to an activating group) is 1. The summed E-state index contributed by atoms with van der Waals surface area (Å²) in [5, 5.41) is 8.34. The third-order valence-electron chi connectivity index (χ3n) is 3.06. The molecule has 19 heavy (non-hydrogen) atoms. The summed E-state index contributed by atoms with van der Waals surface area (Å²) in [4.78, 5) is 12.7. The fraction of sp³-hybridized carbons (Fsp3) is 0.909. The molecule has 0 bridgehead atoms. The minimum atomic E-state index is -3.57. The highest BCUT2D eigenvalue weighted by molar-refractivity contribution is 7.89. The predicted octanol–water partition coefficient (Wildman–Crippen LogP) is -0.557. The van der Waals surface area contributed by atoms with E-state index in [1.165, 1.54) is 0 Å². The van der Waals surface area contributed by atoms with Crippen molar-refractivity contribution in [3.8, 4) is 0 Å². The highest BCUT2D eigenvalue weighted by Gasteiger charge is 2.34. The van der Waals surface area contributed by atoms with Crippen LogP contribution in [-0.4, -0.2) is 80.9 Å². The van der Waals surface area contributed by atoms with Gasteiger partial charge in [0.15, 0.2) is 0 Å². The van der Waals surface area contributed by atoms with Crippen LogP contribution in [0.25, 0.3) is 0 Å². The zero-order valence-corrected chi connectivity index (χ0v) is 12.2. The number of rotatable bonds is 7. The van der Waals surface area contributed by atoms with Crippen LogP contribution in [-0.2, 0) is 19.6 Å². The number of ether oxygens (including phenoxy) is 1. The van der Waals surface area contributed by atoms with Gasteiger partial charge in [0.25, 0.3) is 0 Å². The summed E-state index contributed by atoms with van der Waals surface area (Å²) in [6.45, 7) is 1.04. The second-order valence-electron chi connectivity index (χ2n) is 4.89. The minimum Gasteiger partial charge on any atom is -0.480 e. The molecule has 0 aromatic rings. The lowest BCUT2D eigenvalue weighted by molar-refractivity contribution is -0.137. The second-order valence-corrected chi connectivity index (χ2v) is 7.10. The maximum atomic E-state index is 12.4. The maximum Gasteiger partial charge on any atom is 0.318 e. The van der Waals surface area contributed by atoms with Crippen molar-refractivity contribution < 1.29 is 23.1 Å². The zero-order valence-electron chi connectivity index (χ0n) is 11.4. The van der Waals surface area contributed by atoms with Gasteiger partial charge >= 0.3 is 5.97 Å². The van der Waals surface area contributed by atoms with E-state index in [4.69, 9.17) is 9.84 Å². The molecule has 0 spiro atoms. The Labute approximate surface area is 114 Å². The number of sulfonamides is 1. The van der Waals surface area contributed by atoms with E-state index in [0.29, 0.717) is 32.6 Å². The van der Waals surface area contributed by atoms with Gasteiger partial charge in [0.05, 0.1) is 5.25 Å². The standard InChI is InChI=1S/C11H22N2O5S/c1-12(2)5-6-13(9-11(14)15)19(16,17)10-3-7-18-8-4-10/h10H,3-9H2,1-2H3,(H,14,15). The Morgan fingerprint density at radius 1 is 1.26 bits per heavy atom. The van der Waals surface area contributed by atoms with E-state index >= 15 is 0 Å². The molecule has 1 aliphatic rings. The zero-order chi connectivity index (χ0) is 14.5. The van der Waals surface area contributed by atoms with E-state index in [1.807, 2.05) is 19.0 Å². The number of hydrogen-bond acceptors (Lipinski definition) is 5. The summed E-state index contributed by atoms with van der Waals surface area (Å²) in [6.07, 6.45) is 0.862. The summed E-state index contributed by atoms with van der Waals surface area (Å²) in [7, 11) is 0.0699. The van der Waals surface area contributed by atoms with Crippen LogP contribution >= 0.6 is 0 Å². The summed E-state index contributed by atoms with van der Waals surface area (Å²) in [6, 6.07) is 0. The monoisotopic (exact) mass is 294 g/mol. The molecule has 1 saturated heterocycles. The van der Waals surface area contributed by atoms with Crippen LogP contribution in [0.4, 0.5) is 0 Å². The van der Waals surface area contributed by atoms with Gasteiger partial charge in [-0.1, -0.05) is 0 Å². The van der Waals surface area contributed by atoms with Crippen molar-refractivity contribution in [2.24, 2.45) is 0 Å². The number of carboxylic acid groups (broad SMARTS) is 1. The van der Waals surface area contributed by atoms with Crippen molar-refractivity contribution >= 4 is 16.0 Å². The Morgan fingerprint density at radius 2 is 1.84 bits per heavy atom. The number of aliphatic carboxylic acids is 1. The van der Waals surface area contributed by atoms with Crippen molar-refractivity contribution in [3.63, 3.8) is 0 Å². The highest BCUT2D eigenvalue weighted by Crippen LogP contribution is 2.19. The second kappa shape index (κ2) is 7.18. The van der Waals surface area contributed by atoms with Gasteiger partial charge in [-0.3, -0.25) is 4.79 Å². The lowest BCUT2D eigenvalue weighted by Crippen LogP contribution is -2.46. The maximum absolute atomic E-state index is 12.4. The van der Waals surface area contributed by atoms with E-state index in [0.717, 1.165) is 4.31 Å². The van der Waals surface area contributed by atoms with E-state index in [-0.39, 0.29) is 6.54 Å². The van der Waals surface area contributed by atoms with E-state index in [9.17, 15) is 13.2 Å². The van der Waals surface area contributed by atoms with Crippen LogP contribution in [0.2, 0.25) is 0 Å². The van der Waals surface area contributed by atoms with Crippen LogP contribution in [0.1, 0.15) is 12.8 Å². The predicted molar refractivity (Wildman–Crippen MR) is 70.5 cm³/mol. The molecule has 0 atom stereocenters. The number of carboxylic acids is 1. The molecule has 0 saturated carbocycles. The molecule has 112 valence electrons. The number of nitrogens with zero attached hydrogens (tertiary/aromatic N) is 2. The summed E-state index contributed by atoms with van der Waals surface area (Å²) in [5.74, 6) is -1.13. The average Bonchev–Trinajstić information content (AvgIpc) is 2.34. The molecular formula is C11H22N2O5S. The van der Waals surface area contributed by atoms with E-state index in [2.05, 4.69) is 0 Å². The molecule has 1 N–H and O–H groups in total. The van der Waals surface area contributed by atoms with E-state index < -0.39 is 27.8 Å². The van der Waals surface area contributed by atoms with Crippen molar-refractivity contribution in [3.05, 3.63) is 0 Å². The van der Waals surface area contributed by atoms with Gasteiger partial charge in [-0.05, 0) is 26.9 Å². The van der Waals surface area contributed by atoms with Gasteiger partial charge in [0, 0.05) is 26.3 Å². The van der Waals surface area contributed by atoms with Crippen molar-refractivity contribution in [2.45, 2.75) is 18.1 Å². The Balaban J connectivity index is 2.77. The van der Waals surface area contributed by atoms with Crippen LogP contribution < -0.4 is 0 Å². The minimum absolute atomic E-state index is 0.193. The molecule has 1 heterocycles. The van der Waals surface area contributed by atoms with Crippen LogP contribution in [0.3, 0.4) is 0 Å². The molecule has 0 amide bonds. The summed E-state index contributed by atoms with van der Waals surface area (Å²) >= 11 is 0. The lowest BCUT2D eigenvalue weighted by Gasteiger charge is -2.29. The van der Waals surface area contributed by atoms with Gasteiger partial charge in [-0.25, -0.2) is 8.42 Å². The number of carbonyl (C=O) groups is 1. The SMILES string of the molecule is CN(C)CCN(CC(=O)O)S(=O)(=O)C1CCOCC1. The third kappa shape index (κ3) is 5.06. The molecule has 7 nitrogen and oxygen atoms in total. The molecule has 8 heteroatoms. The van der Waals surface area contributed by atoms with Gasteiger partial charge in [0.2, 0.25) is 10.0 Å². The fourth-order valence-corrected chi connectivity index (χ4v) is 3.78. The van der Waals surface area contributed by atoms with E-state index in [1.54, 1.807) is 0 Å². The summed E-state index contributed by atoms with van der Waals surface area (Å²) in [5.41, 5.74) is 0.